The van der Waals surface area contributed by atoms with E-state index in [0.29, 0.717) is 6.54 Å². The number of carbonyl (C=O) groups is 1. The van der Waals surface area contributed by atoms with Crippen LogP contribution < -0.4 is 10.2 Å². The fraction of sp³-hybridized carbons (Fsp3) is 0.550. The molecule has 2 fully saturated rings. The van der Waals surface area contributed by atoms with Gasteiger partial charge in [-0.2, -0.15) is 0 Å². The number of nitrogens with one attached hydrogen (secondary N) is 3. The highest BCUT2D eigenvalue weighted by molar-refractivity contribution is 5.82. The van der Waals surface area contributed by atoms with Crippen molar-refractivity contribution < 1.29 is 14.4 Å². The Balaban J connectivity index is 1.26. The minimum Gasteiger partial charge on any atom is -0.376 e. The first-order chi connectivity index (χ1) is 12.3. The summed E-state index contributed by atoms with van der Waals surface area (Å²) in [6.45, 7) is 4.70. The Bertz CT molecular complexity index is 713. The number of aromatic amines is 1. The first kappa shape index (κ1) is 16.6. The van der Waals surface area contributed by atoms with E-state index in [1.54, 1.807) is 4.90 Å². The summed E-state index contributed by atoms with van der Waals surface area (Å²) in [5, 5.41) is 4.43. The lowest BCUT2D eigenvalue weighted by atomic mass is 9.95. The third-order valence-corrected chi connectivity index (χ3v) is 5.71. The molecular formula is C20H28N3O2+. The van der Waals surface area contributed by atoms with E-state index >= 15 is 0 Å². The molecule has 0 spiro atoms. The van der Waals surface area contributed by atoms with Crippen LogP contribution in [0, 0.1) is 5.92 Å². The van der Waals surface area contributed by atoms with Gasteiger partial charge in [-0.15, -0.1) is 0 Å². The zero-order valence-corrected chi connectivity index (χ0v) is 14.7. The number of aromatic nitrogens is 1. The molecule has 1 aromatic heterocycles. The summed E-state index contributed by atoms with van der Waals surface area (Å²) < 4.78 is 5.58. The maximum Gasteiger partial charge on any atom is 0.223 e. The maximum atomic E-state index is 12.4. The highest BCUT2D eigenvalue weighted by atomic mass is 16.5. The number of hydrogen-bond acceptors (Lipinski definition) is 2. The highest BCUT2D eigenvalue weighted by Crippen LogP contribution is 2.17. The van der Waals surface area contributed by atoms with Gasteiger partial charge in [0.15, 0.2) is 0 Å². The van der Waals surface area contributed by atoms with Crippen LogP contribution in [-0.2, 0) is 16.1 Å². The van der Waals surface area contributed by atoms with Crippen molar-refractivity contribution in [2.24, 2.45) is 5.92 Å². The number of fused-ring (bicyclic) bond motifs is 1. The summed E-state index contributed by atoms with van der Waals surface area (Å²) in [7, 11) is 0. The summed E-state index contributed by atoms with van der Waals surface area (Å²) >= 11 is 0. The molecule has 0 aliphatic carbocycles. The molecule has 2 saturated heterocycles. The van der Waals surface area contributed by atoms with Crippen molar-refractivity contribution in [3.8, 4) is 0 Å². The van der Waals surface area contributed by atoms with Crippen LogP contribution in [0.2, 0.25) is 0 Å². The molecule has 1 amide bonds. The van der Waals surface area contributed by atoms with E-state index in [1.807, 2.05) is 0 Å². The van der Waals surface area contributed by atoms with Crippen LogP contribution in [0.15, 0.2) is 30.5 Å². The van der Waals surface area contributed by atoms with E-state index in [-0.39, 0.29) is 17.9 Å². The Morgan fingerprint density at radius 1 is 1.24 bits per heavy atom. The van der Waals surface area contributed by atoms with E-state index in [2.05, 4.69) is 40.8 Å². The average Bonchev–Trinajstić information content (AvgIpc) is 3.31. The summed E-state index contributed by atoms with van der Waals surface area (Å²) in [5.74, 6) is 0.398. The van der Waals surface area contributed by atoms with Crippen LogP contribution in [0.4, 0.5) is 0 Å². The second-order valence-electron chi connectivity index (χ2n) is 7.44. The van der Waals surface area contributed by atoms with Crippen molar-refractivity contribution in [1.82, 2.24) is 10.3 Å². The molecule has 5 heteroatoms. The Morgan fingerprint density at radius 2 is 2.08 bits per heavy atom. The first-order valence-electron chi connectivity index (χ1n) is 9.57. The van der Waals surface area contributed by atoms with Gasteiger partial charge in [-0.1, -0.05) is 18.2 Å². The van der Waals surface area contributed by atoms with Crippen molar-refractivity contribution in [3.05, 3.63) is 36.0 Å². The molecule has 1 aromatic carbocycles. The molecule has 0 saturated carbocycles. The van der Waals surface area contributed by atoms with Gasteiger partial charge in [-0.05, 0) is 18.9 Å². The first-order valence-corrected chi connectivity index (χ1v) is 9.57. The van der Waals surface area contributed by atoms with Crippen molar-refractivity contribution in [1.29, 1.82) is 0 Å². The third kappa shape index (κ3) is 3.88. The molecule has 3 heterocycles. The van der Waals surface area contributed by atoms with Gasteiger partial charge in [-0.25, -0.2) is 0 Å². The smallest absolute Gasteiger partial charge is 0.223 e. The molecule has 2 aliphatic rings. The van der Waals surface area contributed by atoms with Gasteiger partial charge in [0.25, 0.3) is 0 Å². The second-order valence-corrected chi connectivity index (χ2v) is 7.44. The number of benzene rings is 1. The van der Waals surface area contributed by atoms with Gasteiger partial charge in [0.05, 0.1) is 19.2 Å². The lowest BCUT2D eigenvalue weighted by Crippen LogP contribution is -3.11. The molecule has 0 unspecified atom stereocenters. The van der Waals surface area contributed by atoms with Crippen LogP contribution >= 0.6 is 0 Å². The Hall–Kier alpha value is -1.85. The van der Waals surface area contributed by atoms with Crippen LogP contribution in [0.5, 0.6) is 0 Å². The van der Waals surface area contributed by atoms with E-state index in [9.17, 15) is 4.79 Å². The Kier molecular flexibility index (Phi) is 5.04. The van der Waals surface area contributed by atoms with Crippen LogP contribution in [-0.4, -0.2) is 43.2 Å². The van der Waals surface area contributed by atoms with Gasteiger partial charge in [0, 0.05) is 54.6 Å². The average molecular weight is 342 g/mol. The number of ether oxygens (including phenoxy) is 1. The maximum absolute atomic E-state index is 12.4. The van der Waals surface area contributed by atoms with Crippen LogP contribution in [0.1, 0.15) is 31.2 Å². The molecule has 5 nitrogen and oxygen atoms in total. The van der Waals surface area contributed by atoms with Gasteiger partial charge >= 0.3 is 0 Å². The van der Waals surface area contributed by atoms with Gasteiger partial charge in [0.2, 0.25) is 5.91 Å². The van der Waals surface area contributed by atoms with Gasteiger partial charge in [0.1, 0.15) is 6.54 Å². The zero-order valence-electron chi connectivity index (χ0n) is 14.7. The molecule has 4 rings (SSSR count). The number of hydrogen-bond donors (Lipinski definition) is 3. The Morgan fingerprint density at radius 3 is 2.88 bits per heavy atom. The largest absolute Gasteiger partial charge is 0.376 e. The Labute approximate surface area is 148 Å². The van der Waals surface area contributed by atoms with E-state index in [4.69, 9.17) is 4.74 Å². The molecule has 1 atom stereocenters. The van der Waals surface area contributed by atoms with Crippen molar-refractivity contribution in [3.63, 3.8) is 0 Å². The second kappa shape index (κ2) is 7.58. The summed E-state index contributed by atoms with van der Waals surface area (Å²) in [5.41, 5.74) is 2.59. The van der Waals surface area contributed by atoms with Crippen molar-refractivity contribution in [2.45, 2.75) is 38.3 Å². The number of carbonyl (C=O) groups excluding carboxylic acids is 1. The molecule has 0 bridgehead atoms. The minimum atomic E-state index is 0.174. The highest BCUT2D eigenvalue weighted by Gasteiger charge is 2.28. The van der Waals surface area contributed by atoms with Crippen LogP contribution in [0.25, 0.3) is 10.9 Å². The van der Waals surface area contributed by atoms with Crippen molar-refractivity contribution >= 4 is 16.8 Å². The van der Waals surface area contributed by atoms with E-state index in [0.717, 1.165) is 51.9 Å². The van der Waals surface area contributed by atoms with E-state index in [1.165, 1.54) is 16.5 Å². The quantitative estimate of drug-likeness (QED) is 0.766. The number of quaternary nitrogens is 1. The number of para-hydroxylation sites is 1. The topological polar surface area (TPSA) is 58.6 Å². The molecule has 2 aromatic rings. The molecular weight excluding hydrogens is 314 g/mol. The fourth-order valence-electron chi connectivity index (χ4n) is 4.18. The molecule has 25 heavy (non-hydrogen) atoms. The normalized spacial score (nSPS) is 26.8. The monoisotopic (exact) mass is 342 g/mol. The SMILES string of the molecule is O=C(NC[C@H]1CCCO1)C1CC[NH+](Cc2c[nH]c3ccccc23)CC1. The minimum absolute atomic E-state index is 0.174. The number of rotatable bonds is 5. The summed E-state index contributed by atoms with van der Waals surface area (Å²) in [6.07, 6.45) is 6.53. The third-order valence-electron chi connectivity index (χ3n) is 5.71. The van der Waals surface area contributed by atoms with Gasteiger partial charge in [-0.3, -0.25) is 4.79 Å². The number of amides is 1. The van der Waals surface area contributed by atoms with Crippen LogP contribution in [0.3, 0.4) is 0 Å². The van der Waals surface area contributed by atoms with Crippen molar-refractivity contribution in [2.75, 3.05) is 26.2 Å². The molecule has 134 valence electrons. The fourth-order valence-corrected chi connectivity index (χ4v) is 4.18. The molecule has 3 N–H and O–H groups in total. The summed E-state index contributed by atoms with van der Waals surface area (Å²) in [4.78, 5) is 17.3. The zero-order chi connectivity index (χ0) is 17.1. The van der Waals surface area contributed by atoms with Gasteiger partial charge < -0.3 is 19.9 Å². The predicted molar refractivity (Wildman–Crippen MR) is 97.4 cm³/mol. The number of H-pyrrole nitrogens is 1. The van der Waals surface area contributed by atoms with E-state index < -0.39 is 0 Å². The number of piperidine rings is 1. The summed E-state index contributed by atoms with van der Waals surface area (Å²) in [6, 6.07) is 8.47. The molecule has 2 aliphatic heterocycles. The number of likely N-dealkylation sites (tertiary alicyclic amines) is 1. The lowest BCUT2D eigenvalue weighted by molar-refractivity contribution is -0.919. The molecule has 0 radical (unpaired) electrons. The predicted octanol–water partition coefficient (Wildman–Crippen LogP) is 1.26. The standard InChI is InChI=1S/C20H27N3O2/c24-20(22-13-17-4-3-11-25-17)15-7-9-23(10-8-15)14-16-12-21-19-6-2-1-5-18(16)19/h1-2,5-6,12,15,17,21H,3-4,7-11,13-14H2,(H,22,24)/p+1/t17-/m1/s1. The lowest BCUT2D eigenvalue weighted by Gasteiger charge is -2.28.